The Morgan fingerprint density at radius 1 is 1.20 bits per heavy atom. The number of carbonyl (C=O) groups excluding carboxylic acids is 1. The lowest BCUT2D eigenvalue weighted by molar-refractivity contribution is 0.262. The Kier molecular flexibility index (Phi) is 3.30. The van der Waals surface area contributed by atoms with Crippen molar-refractivity contribution in [3.8, 4) is 0 Å². The Balaban J connectivity index is 1.81. The third-order valence-corrected chi connectivity index (χ3v) is 3.68. The van der Waals surface area contributed by atoms with Gasteiger partial charge in [0.25, 0.3) is 0 Å². The quantitative estimate of drug-likeness (QED) is 0.755. The molecule has 2 N–H and O–H groups in total. The standard InChI is InChI=1S/C14H12N4OS/c1-9-7-12(20-8-9)18-14(19)17-11-4-6-15-10-3-2-5-16-13(10)11/h2-8H,1H3,(H2,15,17,18,19). The molecule has 5 nitrogen and oxygen atoms in total. The number of aromatic nitrogens is 2. The molecule has 0 atom stereocenters. The van der Waals surface area contributed by atoms with E-state index in [2.05, 4.69) is 20.6 Å². The fraction of sp³-hybridized carbons (Fsp3) is 0.0714. The summed E-state index contributed by atoms with van der Waals surface area (Å²) < 4.78 is 0. The number of fused-ring (bicyclic) bond motifs is 1. The highest BCUT2D eigenvalue weighted by atomic mass is 32.1. The van der Waals surface area contributed by atoms with Crippen LogP contribution in [0, 0.1) is 6.92 Å². The van der Waals surface area contributed by atoms with Gasteiger partial charge in [-0.3, -0.25) is 15.3 Å². The molecular formula is C14H12N4OS. The molecule has 3 heterocycles. The number of nitrogens with zero attached hydrogens (tertiary/aromatic N) is 2. The van der Waals surface area contributed by atoms with Gasteiger partial charge >= 0.3 is 6.03 Å². The van der Waals surface area contributed by atoms with Crippen LogP contribution in [-0.2, 0) is 0 Å². The Hall–Kier alpha value is -2.47. The highest BCUT2D eigenvalue weighted by molar-refractivity contribution is 7.14. The first-order valence-electron chi connectivity index (χ1n) is 6.05. The lowest BCUT2D eigenvalue weighted by Gasteiger charge is -2.07. The number of aryl methyl sites for hydroxylation is 1. The molecule has 0 radical (unpaired) electrons. The van der Waals surface area contributed by atoms with Crippen LogP contribution in [0.2, 0.25) is 0 Å². The molecule has 0 saturated carbocycles. The molecule has 6 heteroatoms. The number of urea groups is 1. The third kappa shape index (κ3) is 2.60. The average molecular weight is 284 g/mol. The molecule has 0 aliphatic rings. The second-order valence-electron chi connectivity index (χ2n) is 4.30. The minimum absolute atomic E-state index is 0.287. The summed E-state index contributed by atoms with van der Waals surface area (Å²) in [5, 5.41) is 8.39. The zero-order valence-electron chi connectivity index (χ0n) is 10.8. The topological polar surface area (TPSA) is 66.9 Å². The van der Waals surface area contributed by atoms with E-state index in [0.717, 1.165) is 16.1 Å². The molecule has 3 aromatic heterocycles. The summed E-state index contributed by atoms with van der Waals surface area (Å²) in [5.74, 6) is 0. The van der Waals surface area contributed by atoms with Crippen molar-refractivity contribution in [2.24, 2.45) is 0 Å². The molecule has 3 aromatic rings. The van der Waals surface area contributed by atoms with Gasteiger partial charge in [0.05, 0.1) is 16.2 Å². The Morgan fingerprint density at radius 2 is 2.10 bits per heavy atom. The number of carbonyl (C=O) groups is 1. The predicted molar refractivity (Wildman–Crippen MR) is 81.2 cm³/mol. The summed E-state index contributed by atoms with van der Waals surface area (Å²) in [4.78, 5) is 20.4. The zero-order chi connectivity index (χ0) is 13.9. The molecule has 0 fully saturated rings. The van der Waals surface area contributed by atoms with E-state index in [-0.39, 0.29) is 6.03 Å². The Labute approximate surface area is 119 Å². The van der Waals surface area contributed by atoms with Crippen molar-refractivity contribution in [1.82, 2.24) is 9.97 Å². The second-order valence-corrected chi connectivity index (χ2v) is 5.21. The van der Waals surface area contributed by atoms with Gasteiger partial charge < -0.3 is 5.32 Å². The third-order valence-electron chi connectivity index (χ3n) is 2.71. The van der Waals surface area contributed by atoms with E-state index >= 15 is 0 Å². The highest BCUT2D eigenvalue weighted by Crippen LogP contribution is 2.21. The van der Waals surface area contributed by atoms with Gasteiger partial charge in [-0.05, 0) is 42.1 Å². The number of rotatable bonds is 2. The van der Waals surface area contributed by atoms with Gasteiger partial charge in [-0.25, -0.2) is 4.79 Å². The van der Waals surface area contributed by atoms with Crippen LogP contribution in [0.4, 0.5) is 15.5 Å². The van der Waals surface area contributed by atoms with Crippen LogP contribution in [0.15, 0.2) is 42.0 Å². The molecule has 0 aromatic carbocycles. The number of thiophene rings is 1. The van der Waals surface area contributed by atoms with Crippen LogP contribution >= 0.6 is 11.3 Å². The number of amides is 2. The molecular weight excluding hydrogens is 272 g/mol. The smallest absolute Gasteiger partial charge is 0.305 e. The molecule has 0 unspecified atom stereocenters. The lowest BCUT2D eigenvalue weighted by atomic mass is 10.3. The van der Waals surface area contributed by atoms with Crippen LogP contribution in [0.1, 0.15) is 5.56 Å². The Bertz CT molecular complexity index is 763. The number of hydrogen-bond donors (Lipinski definition) is 2. The van der Waals surface area contributed by atoms with Gasteiger partial charge in [0, 0.05) is 12.4 Å². The monoisotopic (exact) mass is 284 g/mol. The first-order valence-corrected chi connectivity index (χ1v) is 6.93. The maximum absolute atomic E-state index is 12.0. The largest absolute Gasteiger partial charge is 0.324 e. The normalized spacial score (nSPS) is 10.4. The van der Waals surface area contributed by atoms with E-state index in [1.54, 1.807) is 18.5 Å². The van der Waals surface area contributed by atoms with E-state index in [4.69, 9.17) is 0 Å². The van der Waals surface area contributed by atoms with Crippen LogP contribution in [0.5, 0.6) is 0 Å². The van der Waals surface area contributed by atoms with Crippen molar-refractivity contribution in [3.63, 3.8) is 0 Å². The second kappa shape index (κ2) is 5.26. The van der Waals surface area contributed by atoms with E-state index in [0.29, 0.717) is 11.2 Å². The molecule has 0 saturated heterocycles. The van der Waals surface area contributed by atoms with Crippen molar-refractivity contribution in [2.75, 3.05) is 10.6 Å². The molecule has 0 aliphatic heterocycles. The minimum Gasteiger partial charge on any atom is -0.305 e. The van der Waals surface area contributed by atoms with Crippen LogP contribution < -0.4 is 10.6 Å². The fourth-order valence-corrected chi connectivity index (χ4v) is 2.63. The minimum atomic E-state index is -0.287. The van der Waals surface area contributed by atoms with Gasteiger partial charge in [-0.2, -0.15) is 0 Å². The predicted octanol–water partition coefficient (Wildman–Crippen LogP) is 3.64. The van der Waals surface area contributed by atoms with Crippen LogP contribution in [0.3, 0.4) is 0 Å². The number of anilines is 2. The first-order chi connectivity index (χ1) is 9.72. The van der Waals surface area contributed by atoms with Crippen molar-refractivity contribution in [3.05, 3.63) is 47.6 Å². The fourth-order valence-electron chi connectivity index (χ4n) is 1.84. The number of nitrogens with one attached hydrogen (secondary N) is 2. The van der Waals surface area contributed by atoms with Gasteiger partial charge in [0.2, 0.25) is 0 Å². The van der Waals surface area contributed by atoms with Crippen molar-refractivity contribution in [1.29, 1.82) is 0 Å². The van der Waals surface area contributed by atoms with Crippen molar-refractivity contribution < 1.29 is 4.79 Å². The highest BCUT2D eigenvalue weighted by Gasteiger charge is 2.08. The first kappa shape index (κ1) is 12.6. The Morgan fingerprint density at radius 3 is 2.90 bits per heavy atom. The molecule has 0 spiro atoms. The summed E-state index contributed by atoms with van der Waals surface area (Å²) in [5.41, 5.74) is 3.19. The van der Waals surface area contributed by atoms with Crippen molar-refractivity contribution in [2.45, 2.75) is 6.92 Å². The zero-order valence-corrected chi connectivity index (χ0v) is 11.6. The van der Waals surface area contributed by atoms with Gasteiger partial charge in [-0.15, -0.1) is 11.3 Å². The molecule has 3 rings (SSSR count). The number of pyridine rings is 2. The summed E-state index contributed by atoms with van der Waals surface area (Å²) in [6.07, 6.45) is 3.32. The maximum Gasteiger partial charge on any atom is 0.324 e. The van der Waals surface area contributed by atoms with E-state index in [1.165, 1.54) is 11.3 Å². The molecule has 0 aliphatic carbocycles. The summed E-state index contributed by atoms with van der Waals surface area (Å²) in [6.45, 7) is 1.99. The van der Waals surface area contributed by atoms with Gasteiger partial charge in [0.15, 0.2) is 0 Å². The van der Waals surface area contributed by atoms with Gasteiger partial charge in [-0.1, -0.05) is 0 Å². The maximum atomic E-state index is 12.0. The van der Waals surface area contributed by atoms with E-state index < -0.39 is 0 Å². The lowest BCUT2D eigenvalue weighted by Crippen LogP contribution is -2.19. The molecule has 20 heavy (non-hydrogen) atoms. The summed E-state index contributed by atoms with van der Waals surface area (Å²) >= 11 is 1.49. The van der Waals surface area contributed by atoms with Gasteiger partial charge in [0.1, 0.15) is 5.52 Å². The number of hydrogen-bond acceptors (Lipinski definition) is 4. The summed E-state index contributed by atoms with van der Waals surface area (Å²) in [7, 11) is 0. The SMILES string of the molecule is Cc1csc(NC(=O)Nc2ccnc3cccnc23)c1. The molecule has 0 bridgehead atoms. The van der Waals surface area contributed by atoms with Crippen LogP contribution in [0.25, 0.3) is 11.0 Å². The van der Waals surface area contributed by atoms with Crippen LogP contribution in [-0.4, -0.2) is 16.0 Å². The summed E-state index contributed by atoms with van der Waals surface area (Å²) in [6, 6.07) is 7.04. The molecule has 100 valence electrons. The van der Waals surface area contributed by atoms with E-state index in [9.17, 15) is 4.79 Å². The average Bonchev–Trinajstić information content (AvgIpc) is 2.84. The van der Waals surface area contributed by atoms with E-state index in [1.807, 2.05) is 30.5 Å². The molecule has 2 amide bonds. The van der Waals surface area contributed by atoms with Crippen molar-refractivity contribution >= 4 is 39.1 Å².